The van der Waals surface area contributed by atoms with Crippen molar-refractivity contribution in [1.82, 2.24) is 14.7 Å². The molecule has 2 saturated heterocycles. The van der Waals surface area contributed by atoms with Gasteiger partial charge in [0.15, 0.2) is 6.61 Å². The van der Waals surface area contributed by atoms with Gasteiger partial charge < -0.3 is 24.2 Å². The van der Waals surface area contributed by atoms with E-state index in [-0.39, 0.29) is 18.5 Å². The molecule has 0 unspecified atom stereocenters. The van der Waals surface area contributed by atoms with Crippen LogP contribution in [0.15, 0.2) is 24.3 Å². The highest BCUT2D eigenvalue weighted by molar-refractivity contribution is 6.32. The molecule has 2 aliphatic heterocycles. The normalized spacial score (nSPS) is 18.2. The summed E-state index contributed by atoms with van der Waals surface area (Å²) in [5.41, 5.74) is 0. The third-order valence-electron chi connectivity index (χ3n) is 4.37. The topological polar surface area (TPSA) is 62.3 Å². The van der Waals surface area contributed by atoms with Gasteiger partial charge in [0.05, 0.1) is 18.2 Å². The van der Waals surface area contributed by atoms with Crippen LogP contribution >= 0.6 is 11.6 Å². The maximum absolute atomic E-state index is 12.4. The minimum Gasteiger partial charge on any atom is -0.482 e. The van der Waals surface area contributed by atoms with Gasteiger partial charge in [-0.25, -0.2) is 4.79 Å². The molecule has 0 aliphatic carbocycles. The van der Waals surface area contributed by atoms with E-state index in [1.54, 1.807) is 21.9 Å². The first kappa shape index (κ1) is 17.8. The van der Waals surface area contributed by atoms with E-state index >= 15 is 0 Å². The lowest BCUT2D eigenvalue weighted by molar-refractivity contribution is -0.134. The van der Waals surface area contributed by atoms with Gasteiger partial charge in [0, 0.05) is 39.3 Å². The summed E-state index contributed by atoms with van der Waals surface area (Å²) in [6, 6.07) is 7.10. The van der Waals surface area contributed by atoms with Gasteiger partial charge in [-0.05, 0) is 12.1 Å². The van der Waals surface area contributed by atoms with Crippen molar-refractivity contribution < 1.29 is 19.1 Å². The van der Waals surface area contributed by atoms with E-state index in [1.165, 1.54) is 0 Å². The largest absolute Gasteiger partial charge is 0.482 e. The number of carbonyl (C=O) groups excluding carboxylic acids is 2. The van der Waals surface area contributed by atoms with Crippen LogP contribution in [-0.2, 0) is 9.53 Å². The van der Waals surface area contributed by atoms with Gasteiger partial charge in [0.2, 0.25) is 0 Å². The van der Waals surface area contributed by atoms with Crippen molar-refractivity contribution in [3.8, 4) is 5.75 Å². The molecule has 0 saturated carbocycles. The Kier molecular flexibility index (Phi) is 5.99. The summed E-state index contributed by atoms with van der Waals surface area (Å²) in [5, 5.41) is 0.483. The monoisotopic (exact) mass is 367 g/mol. The van der Waals surface area contributed by atoms with E-state index < -0.39 is 0 Å². The summed E-state index contributed by atoms with van der Waals surface area (Å²) < 4.78 is 10.8. The van der Waals surface area contributed by atoms with Crippen molar-refractivity contribution in [2.75, 3.05) is 59.1 Å². The zero-order valence-corrected chi connectivity index (χ0v) is 14.8. The lowest BCUT2D eigenvalue weighted by Crippen LogP contribution is -2.56. The van der Waals surface area contributed by atoms with Gasteiger partial charge in [-0.15, -0.1) is 0 Å². The van der Waals surface area contributed by atoms with E-state index in [1.807, 2.05) is 17.0 Å². The Morgan fingerprint density at radius 2 is 1.56 bits per heavy atom. The van der Waals surface area contributed by atoms with Crippen molar-refractivity contribution in [3.05, 3.63) is 29.3 Å². The van der Waals surface area contributed by atoms with Gasteiger partial charge in [-0.2, -0.15) is 0 Å². The second kappa shape index (κ2) is 8.40. The minimum absolute atomic E-state index is 0.0303. The number of nitrogens with zero attached hydrogens (tertiary/aromatic N) is 3. The molecule has 2 heterocycles. The van der Waals surface area contributed by atoms with Crippen molar-refractivity contribution in [2.45, 2.75) is 0 Å². The predicted octanol–water partition coefficient (Wildman–Crippen LogP) is 1.32. The Bertz CT molecular complexity index is 614. The minimum atomic E-state index is -0.0987. The zero-order valence-electron chi connectivity index (χ0n) is 14.0. The second-order valence-electron chi connectivity index (χ2n) is 5.97. The predicted molar refractivity (Wildman–Crippen MR) is 92.9 cm³/mol. The van der Waals surface area contributed by atoms with Crippen LogP contribution in [0.1, 0.15) is 0 Å². The highest BCUT2D eigenvalue weighted by atomic mass is 35.5. The van der Waals surface area contributed by atoms with Gasteiger partial charge in [-0.1, -0.05) is 23.7 Å². The van der Waals surface area contributed by atoms with Crippen LogP contribution in [0.3, 0.4) is 0 Å². The first-order valence-corrected chi connectivity index (χ1v) is 8.79. The molecule has 2 fully saturated rings. The highest BCUT2D eigenvalue weighted by Gasteiger charge is 2.28. The first-order valence-electron chi connectivity index (χ1n) is 8.42. The fraction of sp³-hybridized carbons (Fsp3) is 0.529. The fourth-order valence-corrected chi connectivity index (χ4v) is 3.08. The average Bonchev–Trinajstić information content (AvgIpc) is 2.67. The van der Waals surface area contributed by atoms with Gasteiger partial charge >= 0.3 is 6.03 Å². The van der Waals surface area contributed by atoms with E-state index in [2.05, 4.69) is 0 Å². The summed E-state index contributed by atoms with van der Waals surface area (Å²) in [5.74, 6) is 0.400. The van der Waals surface area contributed by atoms with E-state index in [4.69, 9.17) is 21.1 Å². The molecule has 0 N–H and O–H groups in total. The fourth-order valence-electron chi connectivity index (χ4n) is 2.89. The Labute approximate surface area is 152 Å². The van der Waals surface area contributed by atoms with Crippen molar-refractivity contribution in [3.63, 3.8) is 0 Å². The maximum atomic E-state index is 12.4. The Morgan fingerprint density at radius 1 is 0.960 bits per heavy atom. The standard InChI is InChI=1S/C17H22ClN3O4/c18-14-3-1-2-4-15(14)25-13-16(22)19-5-7-20(8-6-19)17(23)21-9-11-24-12-10-21/h1-4H,5-13H2. The molecule has 1 aromatic carbocycles. The number of halogens is 1. The van der Waals surface area contributed by atoms with Crippen LogP contribution < -0.4 is 4.74 Å². The molecular formula is C17H22ClN3O4. The van der Waals surface area contributed by atoms with E-state index in [0.29, 0.717) is 63.3 Å². The number of morpholine rings is 1. The van der Waals surface area contributed by atoms with Crippen LogP contribution in [0, 0.1) is 0 Å². The third-order valence-corrected chi connectivity index (χ3v) is 4.68. The van der Waals surface area contributed by atoms with Gasteiger partial charge in [0.1, 0.15) is 5.75 Å². The van der Waals surface area contributed by atoms with Crippen LogP contribution in [0.2, 0.25) is 5.02 Å². The molecule has 0 spiro atoms. The number of urea groups is 1. The number of benzene rings is 1. The number of piperazine rings is 1. The van der Waals surface area contributed by atoms with Crippen molar-refractivity contribution >= 4 is 23.5 Å². The summed E-state index contributed by atoms with van der Waals surface area (Å²) >= 11 is 6.01. The number of amides is 3. The van der Waals surface area contributed by atoms with Crippen molar-refractivity contribution in [1.29, 1.82) is 0 Å². The lowest BCUT2D eigenvalue weighted by Gasteiger charge is -2.38. The Balaban J connectivity index is 1.44. The number of para-hydroxylation sites is 1. The summed E-state index contributed by atoms with van der Waals surface area (Å²) in [7, 11) is 0. The molecule has 136 valence electrons. The smallest absolute Gasteiger partial charge is 0.320 e. The van der Waals surface area contributed by atoms with Crippen LogP contribution in [-0.4, -0.2) is 85.7 Å². The molecule has 8 heteroatoms. The quantitative estimate of drug-likeness (QED) is 0.808. The van der Waals surface area contributed by atoms with Crippen LogP contribution in [0.4, 0.5) is 4.79 Å². The highest BCUT2D eigenvalue weighted by Crippen LogP contribution is 2.23. The van der Waals surface area contributed by atoms with Crippen LogP contribution in [0.25, 0.3) is 0 Å². The second-order valence-corrected chi connectivity index (χ2v) is 6.38. The molecule has 25 heavy (non-hydrogen) atoms. The number of hydrogen-bond donors (Lipinski definition) is 0. The molecule has 7 nitrogen and oxygen atoms in total. The molecule has 3 amide bonds. The number of carbonyl (C=O) groups is 2. The SMILES string of the molecule is O=C(COc1ccccc1Cl)N1CCN(C(=O)N2CCOCC2)CC1. The molecule has 3 rings (SSSR count). The molecule has 2 aliphatic rings. The summed E-state index contributed by atoms with van der Waals surface area (Å²) in [4.78, 5) is 30.0. The number of rotatable bonds is 3. The average molecular weight is 368 g/mol. The van der Waals surface area contributed by atoms with E-state index in [9.17, 15) is 9.59 Å². The molecule has 0 aromatic heterocycles. The Morgan fingerprint density at radius 3 is 2.24 bits per heavy atom. The Hall–Kier alpha value is -1.99. The molecule has 1 aromatic rings. The molecule has 0 bridgehead atoms. The lowest BCUT2D eigenvalue weighted by atomic mass is 10.3. The van der Waals surface area contributed by atoms with E-state index in [0.717, 1.165) is 0 Å². The number of ether oxygens (including phenoxy) is 2. The zero-order chi connectivity index (χ0) is 17.6. The molecular weight excluding hydrogens is 346 g/mol. The maximum Gasteiger partial charge on any atom is 0.320 e. The first-order chi connectivity index (χ1) is 12.1. The van der Waals surface area contributed by atoms with Crippen LogP contribution in [0.5, 0.6) is 5.75 Å². The van der Waals surface area contributed by atoms with Crippen molar-refractivity contribution in [2.24, 2.45) is 0 Å². The van der Waals surface area contributed by atoms with Gasteiger partial charge in [-0.3, -0.25) is 4.79 Å². The summed E-state index contributed by atoms with van der Waals surface area (Å²) in [6.45, 7) is 4.48. The third kappa shape index (κ3) is 4.55. The van der Waals surface area contributed by atoms with Gasteiger partial charge in [0.25, 0.3) is 5.91 Å². The molecule has 0 atom stereocenters. The summed E-state index contributed by atoms with van der Waals surface area (Å²) in [6.07, 6.45) is 0. The molecule has 0 radical (unpaired) electrons. The number of hydrogen-bond acceptors (Lipinski definition) is 4.